The number of methoxy groups -OCH3 is 2. The van der Waals surface area contributed by atoms with Crippen molar-refractivity contribution in [2.24, 2.45) is 0 Å². The predicted molar refractivity (Wildman–Crippen MR) is 209 cm³/mol. The lowest BCUT2D eigenvalue weighted by Crippen LogP contribution is -2.60. The summed E-state index contributed by atoms with van der Waals surface area (Å²) in [4.78, 5) is 20.7. The third-order valence-electron chi connectivity index (χ3n) is 9.88. The molecule has 4 heterocycles. The highest BCUT2D eigenvalue weighted by Gasteiger charge is 2.39. The zero-order valence-corrected chi connectivity index (χ0v) is 33.4. The quantitative estimate of drug-likeness (QED) is 0.0474. The summed E-state index contributed by atoms with van der Waals surface area (Å²) in [6.45, 7) is 5.77. The Morgan fingerprint density at radius 3 is 1.55 bits per heavy atom. The maximum Gasteiger partial charge on any atom is 0.422 e. The van der Waals surface area contributed by atoms with Gasteiger partial charge >= 0.3 is 6.18 Å². The molecule has 2 saturated heterocycles. The standard InChI is InChI=1S/C39H43Cl2F5N8O4/c1-4-17-57-33-18-25(5-7-31(33)55-2)22-51-13-9-27(10-14-51)53(35-29(42)20-47-37(40)49-35)54(36-30(43)21-48-38(41)50-36)28-11-15-52(16-12-28)23-26-6-8-32(56-3)34(19-26)58-24-39(44,45)46/h4-8,18-21,27-28H,1,9-17,22-24H2,2-3H3. The number of hydrazine groups is 1. The van der Waals surface area contributed by atoms with E-state index >= 15 is 8.78 Å². The molecule has 19 heteroatoms. The second kappa shape index (κ2) is 19.4. The molecule has 0 spiro atoms. The number of ether oxygens (including phenoxy) is 4. The summed E-state index contributed by atoms with van der Waals surface area (Å²) < 4.78 is 92.2. The number of piperidine rings is 2. The van der Waals surface area contributed by atoms with Gasteiger partial charge in [0, 0.05) is 39.3 Å². The van der Waals surface area contributed by atoms with E-state index in [-0.39, 0.29) is 39.7 Å². The van der Waals surface area contributed by atoms with Crippen LogP contribution in [0.15, 0.2) is 61.4 Å². The van der Waals surface area contributed by atoms with E-state index in [1.807, 2.05) is 18.2 Å². The largest absolute Gasteiger partial charge is 0.493 e. The highest BCUT2D eigenvalue weighted by atomic mass is 35.5. The second-order valence-electron chi connectivity index (χ2n) is 13.8. The Morgan fingerprint density at radius 1 is 0.724 bits per heavy atom. The minimum Gasteiger partial charge on any atom is -0.493 e. The molecule has 2 fully saturated rings. The minimum atomic E-state index is -4.52. The van der Waals surface area contributed by atoms with Crippen LogP contribution in [0.2, 0.25) is 10.6 Å². The lowest BCUT2D eigenvalue weighted by molar-refractivity contribution is -0.153. The Morgan fingerprint density at radius 2 is 1.16 bits per heavy atom. The van der Waals surface area contributed by atoms with Crippen LogP contribution in [0.25, 0.3) is 0 Å². The van der Waals surface area contributed by atoms with Gasteiger partial charge in [0.1, 0.15) is 6.61 Å². The number of benzene rings is 2. The number of alkyl halides is 3. The van der Waals surface area contributed by atoms with Crippen LogP contribution in [-0.2, 0) is 13.1 Å². The van der Waals surface area contributed by atoms with Crippen molar-refractivity contribution < 1.29 is 40.9 Å². The molecule has 0 unspecified atom stereocenters. The molecule has 2 aliphatic rings. The minimum absolute atomic E-state index is 0.0204. The topological polar surface area (TPSA) is 101 Å². The Balaban J connectivity index is 1.24. The average molecular weight is 854 g/mol. The number of anilines is 2. The summed E-state index contributed by atoms with van der Waals surface area (Å²) in [5, 5.41) is 2.88. The molecule has 0 amide bonds. The zero-order chi connectivity index (χ0) is 41.4. The average Bonchev–Trinajstić information content (AvgIpc) is 3.21. The van der Waals surface area contributed by atoms with Crippen molar-refractivity contribution in [1.82, 2.24) is 29.7 Å². The van der Waals surface area contributed by atoms with E-state index in [1.54, 1.807) is 35.3 Å². The summed E-state index contributed by atoms with van der Waals surface area (Å²) in [5.41, 5.74) is 1.72. The first-order valence-corrected chi connectivity index (χ1v) is 19.3. The maximum atomic E-state index is 15.9. The van der Waals surface area contributed by atoms with Crippen LogP contribution in [0.1, 0.15) is 36.8 Å². The summed E-state index contributed by atoms with van der Waals surface area (Å²) in [5.74, 6) is -0.448. The molecule has 0 saturated carbocycles. The van der Waals surface area contributed by atoms with E-state index in [4.69, 9.17) is 42.1 Å². The monoisotopic (exact) mass is 852 g/mol. The van der Waals surface area contributed by atoms with Crippen LogP contribution in [0.4, 0.5) is 33.6 Å². The van der Waals surface area contributed by atoms with Crippen molar-refractivity contribution in [3.8, 4) is 23.0 Å². The van der Waals surface area contributed by atoms with Gasteiger partial charge in [0.05, 0.1) is 38.7 Å². The molecule has 12 nitrogen and oxygen atoms in total. The van der Waals surface area contributed by atoms with Crippen molar-refractivity contribution in [3.05, 3.63) is 94.8 Å². The van der Waals surface area contributed by atoms with E-state index < -0.39 is 30.5 Å². The molecule has 0 aliphatic carbocycles. The first kappa shape index (κ1) is 42.9. The Kier molecular flexibility index (Phi) is 14.3. The molecule has 0 atom stereocenters. The fraction of sp³-hybridized carbons (Fsp3) is 0.436. The van der Waals surface area contributed by atoms with Crippen LogP contribution in [0.3, 0.4) is 0 Å². The van der Waals surface area contributed by atoms with Gasteiger partial charge in [-0.2, -0.15) is 23.1 Å². The van der Waals surface area contributed by atoms with Gasteiger partial charge in [-0.15, -0.1) is 0 Å². The van der Waals surface area contributed by atoms with Gasteiger partial charge in [0.2, 0.25) is 10.6 Å². The number of hydrogen-bond donors (Lipinski definition) is 0. The fourth-order valence-corrected chi connectivity index (χ4v) is 7.49. The van der Waals surface area contributed by atoms with Crippen molar-refractivity contribution in [2.75, 3.05) is 63.6 Å². The number of halogens is 7. The third kappa shape index (κ3) is 10.9. The Bertz CT molecular complexity index is 2020. The van der Waals surface area contributed by atoms with Gasteiger partial charge in [-0.1, -0.05) is 24.8 Å². The smallest absolute Gasteiger partial charge is 0.422 e. The van der Waals surface area contributed by atoms with E-state index in [0.29, 0.717) is 88.6 Å². The van der Waals surface area contributed by atoms with E-state index in [1.165, 1.54) is 13.2 Å². The van der Waals surface area contributed by atoms with Gasteiger partial charge in [0.25, 0.3) is 0 Å². The van der Waals surface area contributed by atoms with Gasteiger partial charge in [0.15, 0.2) is 52.9 Å². The Hall–Kier alpha value is -4.71. The van der Waals surface area contributed by atoms with Crippen molar-refractivity contribution in [2.45, 2.75) is 57.0 Å². The molecule has 312 valence electrons. The first-order chi connectivity index (χ1) is 27.8. The highest BCUT2D eigenvalue weighted by Crippen LogP contribution is 2.37. The molecule has 2 aliphatic heterocycles. The summed E-state index contributed by atoms with van der Waals surface area (Å²) >= 11 is 12.5. The molecule has 58 heavy (non-hydrogen) atoms. The lowest BCUT2D eigenvalue weighted by Gasteiger charge is -2.49. The van der Waals surface area contributed by atoms with Gasteiger partial charge in [-0.05, 0) is 84.3 Å². The summed E-state index contributed by atoms with van der Waals surface area (Å²) in [6.07, 6.45) is 1.07. The van der Waals surface area contributed by atoms with Crippen LogP contribution < -0.4 is 29.0 Å². The zero-order valence-electron chi connectivity index (χ0n) is 31.9. The van der Waals surface area contributed by atoms with Crippen molar-refractivity contribution >= 4 is 34.8 Å². The first-order valence-electron chi connectivity index (χ1n) is 18.5. The van der Waals surface area contributed by atoms with Crippen LogP contribution in [0.5, 0.6) is 23.0 Å². The highest BCUT2D eigenvalue weighted by molar-refractivity contribution is 6.28. The molecular weight excluding hydrogens is 810 g/mol. The SMILES string of the molecule is C=CCOc1cc(CN2CCC(N(c3nc(Cl)ncc3F)N(c3nc(Cl)ncc3F)C3CCN(Cc4ccc(OC)c(OCC(F)(F)F)c4)CC3)CC2)ccc1OC. The molecule has 2 aromatic heterocycles. The number of likely N-dealkylation sites (tertiary alicyclic amines) is 2. The Labute approximate surface area is 343 Å². The number of aromatic nitrogens is 4. The third-order valence-corrected chi connectivity index (χ3v) is 10.2. The van der Waals surface area contributed by atoms with E-state index in [2.05, 4.69) is 36.3 Å². The summed E-state index contributed by atoms with van der Waals surface area (Å²) in [7, 11) is 2.93. The molecule has 4 aromatic rings. The molecule has 6 rings (SSSR count). The maximum absolute atomic E-state index is 15.9. The van der Waals surface area contributed by atoms with Crippen LogP contribution in [0, 0.1) is 11.6 Å². The molecule has 0 N–H and O–H groups in total. The van der Waals surface area contributed by atoms with Gasteiger partial charge < -0.3 is 18.9 Å². The number of hydrogen-bond acceptors (Lipinski definition) is 12. The van der Waals surface area contributed by atoms with Crippen LogP contribution >= 0.6 is 23.2 Å². The van der Waals surface area contributed by atoms with E-state index in [9.17, 15) is 13.2 Å². The molecular formula is C39H43Cl2F5N8O4. The molecule has 0 bridgehead atoms. The number of rotatable bonds is 16. The van der Waals surface area contributed by atoms with Gasteiger partial charge in [-0.3, -0.25) is 19.8 Å². The fourth-order valence-electron chi connectivity index (χ4n) is 7.23. The van der Waals surface area contributed by atoms with Crippen molar-refractivity contribution in [1.29, 1.82) is 0 Å². The van der Waals surface area contributed by atoms with Gasteiger partial charge in [-0.25, -0.2) is 18.7 Å². The van der Waals surface area contributed by atoms with Crippen molar-refractivity contribution in [3.63, 3.8) is 0 Å². The van der Waals surface area contributed by atoms with E-state index in [0.717, 1.165) is 18.0 Å². The second-order valence-corrected chi connectivity index (χ2v) is 14.5. The normalized spacial score (nSPS) is 15.9. The van der Waals surface area contributed by atoms with Crippen LogP contribution in [-0.4, -0.2) is 102 Å². The lowest BCUT2D eigenvalue weighted by atomic mass is 10.0. The number of nitrogens with zero attached hydrogens (tertiary/aromatic N) is 8. The summed E-state index contributed by atoms with van der Waals surface area (Å²) in [6, 6.07) is 9.80. The molecule has 2 aromatic carbocycles. The predicted octanol–water partition coefficient (Wildman–Crippen LogP) is 7.93. The molecule has 0 radical (unpaired) electrons.